The minimum absolute atomic E-state index is 0.305. The van der Waals surface area contributed by atoms with E-state index in [-0.39, 0.29) is 5.82 Å². The fraction of sp³-hybridized carbons (Fsp3) is 0.240. The van der Waals surface area contributed by atoms with Crippen LogP contribution in [0.1, 0.15) is 41.3 Å². The van der Waals surface area contributed by atoms with E-state index >= 15 is 0 Å². The molecule has 4 aromatic rings. The topological polar surface area (TPSA) is 78.0 Å². The van der Waals surface area contributed by atoms with Crippen LogP contribution in [0.4, 0.5) is 8.78 Å². The third-order valence-corrected chi connectivity index (χ3v) is 5.99. The average molecular weight is 463 g/mol. The van der Waals surface area contributed by atoms with Crippen LogP contribution in [0.2, 0.25) is 0 Å². The van der Waals surface area contributed by atoms with Crippen LogP contribution in [0.25, 0.3) is 17.8 Å². The molecule has 2 aromatic carbocycles. The van der Waals surface area contributed by atoms with Crippen LogP contribution >= 0.6 is 0 Å². The van der Waals surface area contributed by atoms with Gasteiger partial charge < -0.3 is 14.4 Å². The lowest BCUT2D eigenvalue weighted by Gasteiger charge is -2.31. The Morgan fingerprint density at radius 2 is 1.94 bits per heavy atom. The fourth-order valence-electron chi connectivity index (χ4n) is 4.26. The number of imidazole rings is 1. The molecule has 1 aliphatic heterocycles. The largest absolute Gasteiger partial charge is 0.495 e. The number of aromatic nitrogens is 5. The molecule has 3 heterocycles. The smallest absolute Gasteiger partial charge is 0.174 e. The van der Waals surface area contributed by atoms with Crippen molar-refractivity contribution in [1.29, 1.82) is 0 Å². The highest BCUT2D eigenvalue weighted by molar-refractivity contribution is 5.69. The maximum Gasteiger partial charge on any atom is 0.174 e. The molecule has 0 spiro atoms. The second kappa shape index (κ2) is 8.49. The Labute approximate surface area is 195 Å². The molecule has 0 saturated carbocycles. The van der Waals surface area contributed by atoms with Gasteiger partial charge in [0, 0.05) is 24.4 Å². The summed E-state index contributed by atoms with van der Waals surface area (Å²) in [5.74, 6) is 0.394. The molecule has 0 amide bonds. The number of fused-ring (bicyclic) bond motifs is 1. The lowest BCUT2D eigenvalue weighted by Crippen LogP contribution is -2.35. The standard InChI is InChI=1S/C25H23F2N5O2/c1-16-14-31(15-28-16)21-13-20(27)17(12-22(21)34-2)4-9-23-29-24-25(33,10-3-11-32(24)30-23)18-5-7-19(26)8-6-18/h4-9,12-15,33H,3,10-11H2,1-2H3/t25-/m1/s1. The predicted molar refractivity (Wildman–Crippen MR) is 122 cm³/mol. The van der Waals surface area contributed by atoms with Crippen LogP contribution in [-0.4, -0.2) is 36.5 Å². The molecule has 9 heteroatoms. The van der Waals surface area contributed by atoms with Gasteiger partial charge in [-0.1, -0.05) is 12.1 Å². The number of rotatable bonds is 5. The number of nitrogens with zero attached hydrogens (tertiary/aromatic N) is 5. The van der Waals surface area contributed by atoms with Crippen LogP contribution in [0.5, 0.6) is 5.75 Å². The summed E-state index contributed by atoms with van der Waals surface area (Å²) in [5.41, 5.74) is 0.835. The van der Waals surface area contributed by atoms with Crippen LogP contribution in [0.3, 0.4) is 0 Å². The summed E-state index contributed by atoms with van der Waals surface area (Å²) in [4.78, 5) is 8.69. The molecule has 0 aliphatic carbocycles. The normalized spacial score (nSPS) is 17.8. The molecule has 0 radical (unpaired) electrons. The van der Waals surface area contributed by atoms with Crippen molar-refractivity contribution in [3.8, 4) is 11.4 Å². The molecule has 2 aromatic heterocycles. The third kappa shape index (κ3) is 3.88. The Balaban J connectivity index is 1.47. The number of hydrogen-bond acceptors (Lipinski definition) is 5. The maximum atomic E-state index is 14.9. The molecule has 0 unspecified atom stereocenters. The summed E-state index contributed by atoms with van der Waals surface area (Å²) in [5, 5.41) is 15.8. The first kappa shape index (κ1) is 22.0. The van der Waals surface area contributed by atoms with E-state index in [1.165, 1.54) is 25.3 Å². The molecule has 0 fully saturated rings. The maximum absolute atomic E-state index is 14.9. The number of benzene rings is 2. The second-order valence-electron chi connectivity index (χ2n) is 8.29. The third-order valence-electron chi connectivity index (χ3n) is 5.99. The van der Waals surface area contributed by atoms with Crippen LogP contribution in [0, 0.1) is 18.6 Å². The molecule has 5 rings (SSSR count). The quantitative estimate of drug-likeness (QED) is 0.479. The summed E-state index contributed by atoms with van der Waals surface area (Å²) in [6, 6.07) is 8.73. The van der Waals surface area contributed by atoms with Crippen molar-refractivity contribution in [3.05, 3.63) is 89.0 Å². The molecule has 7 nitrogen and oxygen atoms in total. The molecule has 34 heavy (non-hydrogen) atoms. The monoisotopic (exact) mass is 463 g/mol. The van der Waals surface area contributed by atoms with E-state index in [0.717, 1.165) is 5.69 Å². The minimum atomic E-state index is -1.37. The second-order valence-corrected chi connectivity index (χ2v) is 8.29. The molecule has 0 bridgehead atoms. The van der Waals surface area contributed by atoms with Crippen LogP contribution in [-0.2, 0) is 12.1 Å². The molecule has 1 aliphatic rings. The summed E-state index contributed by atoms with van der Waals surface area (Å²) in [6.07, 6.45) is 7.68. The zero-order chi connectivity index (χ0) is 23.9. The molecule has 174 valence electrons. The fourth-order valence-corrected chi connectivity index (χ4v) is 4.26. The van der Waals surface area contributed by atoms with Gasteiger partial charge in [0.25, 0.3) is 0 Å². The first-order valence-corrected chi connectivity index (χ1v) is 10.9. The van der Waals surface area contributed by atoms with E-state index in [1.807, 2.05) is 6.92 Å². The van der Waals surface area contributed by atoms with Crippen molar-refractivity contribution in [3.63, 3.8) is 0 Å². The lowest BCUT2D eigenvalue weighted by atomic mass is 9.86. The van der Waals surface area contributed by atoms with Crippen molar-refractivity contribution in [2.75, 3.05) is 7.11 Å². The average Bonchev–Trinajstić information content (AvgIpc) is 3.45. The van der Waals surface area contributed by atoms with Crippen molar-refractivity contribution in [1.82, 2.24) is 24.3 Å². The molecule has 0 saturated heterocycles. The number of hydrogen-bond donors (Lipinski definition) is 1. The van der Waals surface area contributed by atoms with Gasteiger partial charge in [-0.2, -0.15) is 5.10 Å². The summed E-state index contributed by atoms with van der Waals surface area (Å²) in [7, 11) is 1.52. The van der Waals surface area contributed by atoms with Gasteiger partial charge in [-0.05, 0) is 55.7 Å². The number of halogens is 2. The van der Waals surface area contributed by atoms with Gasteiger partial charge in [-0.15, -0.1) is 0 Å². The van der Waals surface area contributed by atoms with Gasteiger partial charge in [0.1, 0.15) is 23.0 Å². The Kier molecular flexibility index (Phi) is 5.49. The number of aryl methyl sites for hydroxylation is 2. The van der Waals surface area contributed by atoms with Crippen molar-refractivity contribution >= 4 is 12.2 Å². The van der Waals surface area contributed by atoms with E-state index in [4.69, 9.17) is 4.74 Å². The van der Waals surface area contributed by atoms with E-state index in [9.17, 15) is 13.9 Å². The van der Waals surface area contributed by atoms with Crippen molar-refractivity contribution in [2.45, 2.75) is 31.9 Å². The molecular formula is C25H23F2N5O2. The van der Waals surface area contributed by atoms with E-state index in [1.54, 1.807) is 52.1 Å². The lowest BCUT2D eigenvalue weighted by molar-refractivity contribution is 0.0394. The number of aliphatic hydroxyl groups is 1. The summed E-state index contributed by atoms with van der Waals surface area (Å²) in [6.45, 7) is 2.45. The Hall–Kier alpha value is -3.85. The molecular weight excluding hydrogens is 440 g/mol. The first-order chi connectivity index (χ1) is 16.4. The van der Waals surface area contributed by atoms with Gasteiger partial charge in [0.15, 0.2) is 11.6 Å². The predicted octanol–water partition coefficient (Wildman–Crippen LogP) is 4.26. The van der Waals surface area contributed by atoms with Crippen molar-refractivity contribution in [2.24, 2.45) is 0 Å². The first-order valence-electron chi connectivity index (χ1n) is 10.9. The van der Waals surface area contributed by atoms with Gasteiger partial charge in [0.05, 0.1) is 24.8 Å². The van der Waals surface area contributed by atoms with Gasteiger partial charge in [-0.25, -0.2) is 23.4 Å². The zero-order valence-corrected chi connectivity index (χ0v) is 18.7. The molecule has 1 N–H and O–H groups in total. The van der Waals surface area contributed by atoms with E-state index < -0.39 is 11.4 Å². The summed E-state index contributed by atoms with van der Waals surface area (Å²) < 4.78 is 37.1. The Bertz CT molecular complexity index is 1380. The van der Waals surface area contributed by atoms with E-state index in [2.05, 4.69) is 15.1 Å². The van der Waals surface area contributed by atoms with Gasteiger partial charge in [0.2, 0.25) is 0 Å². The summed E-state index contributed by atoms with van der Waals surface area (Å²) >= 11 is 0. The zero-order valence-electron chi connectivity index (χ0n) is 18.7. The Morgan fingerprint density at radius 1 is 1.15 bits per heavy atom. The van der Waals surface area contributed by atoms with E-state index in [0.29, 0.717) is 53.6 Å². The van der Waals surface area contributed by atoms with Crippen molar-refractivity contribution < 1.29 is 18.6 Å². The van der Waals surface area contributed by atoms with Crippen LogP contribution in [0.15, 0.2) is 48.9 Å². The SMILES string of the molecule is COc1cc(C=Cc2nc3n(n2)CCC[C@@]3(O)c2ccc(F)cc2)c(F)cc1-n1cnc(C)c1. The van der Waals surface area contributed by atoms with Gasteiger partial charge >= 0.3 is 0 Å². The van der Waals surface area contributed by atoms with Crippen LogP contribution < -0.4 is 4.74 Å². The highest BCUT2D eigenvalue weighted by atomic mass is 19.1. The Morgan fingerprint density at radius 3 is 2.65 bits per heavy atom. The number of ether oxygens (including phenoxy) is 1. The minimum Gasteiger partial charge on any atom is -0.495 e. The van der Waals surface area contributed by atoms with Gasteiger partial charge in [-0.3, -0.25) is 0 Å². The number of methoxy groups -OCH3 is 1. The molecule has 1 atom stereocenters. The highest BCUT2D eigenvalue weighted by Gasteiger charge is 2.39. The highest BCUT2D eigenvalue weighted by Crippen LogP contribution is 2.37.